The highest BCUT2D eigenvalue weighted by Crippen LogP contribution is 2.10. The van der Waals surface area contributed by atoms with Crippen LogP contribution in [0.3, 0.4) is 0 Å². The minimum absolute atomic E-state index is 0.418. The maximum atomic E-state index is 11.5. The van der Waals surface area contributed by atoms with Crippen LogP contribution in [-0.2, 0) is 19.1 Å². The van der Waals surface area contributed by atoms with E-state index in [1.165, 1.54) is 64.2 Å². The van der Waals surface area contributed by atoms with Crippen molar-refractivity contribution >= 4 is 11.9 Å². The van der Waals surface area contributed by atoms with Gasteiger partial charge < -0.3 is 9.47 Å². The fraction of sp³-hybridized carbons (Fsp3) is 0.727. The fourth-order valence-electron chi connectivity index (χ4n) is 2.96. The van der Waals surface area contributed by atoms with Crippen LogP contribution in [0, 0.1) is 0 Å². The summed E-state index contributed by atoms with van der Waals surface area (Å²) in [5.41, 5.74) is 0. The van der Waals surface area contributed by atoms with Crippen LogP contribution in [-0.4, -0.2) is 25.2 Å². The van der Waals surface area contributed by atoms with Crippen LogP contribution in [0.2, 0.25) is 0 Å². The number of ether oxygens (including phenoxy) is 2. The number of hydrogen-bond donors (Lipinski definition) is 0. The van der Waals surface area contributed by atoms with Crippen molar-refractivity contribution in [3.8, 4) is 0 Å². The van der Waals surface area contributed by atoms with Crippen LogP contribution in [0.4, 0.5) is 0 Å². The highest BCUT2D eigenvalue weighted by molar-refractivity contribution is 5.91. The zero-order chi connectivity index (χ0) is 18.7. The van der Waals surface area contributed by atoms with E-state index in [1.807, 2.05) is 0 Å². The quantitative estimate of drug-likeness (QED) is 0.411. The predicted octanol–water partition coefficient (Wildman–Crippen LogP) is 5.66. The lowest BCUT2D eigenvalue weighted by Gasteiger charge is -2.04. The first-order valence-electron chi connectivity index (χ1n) is 10.5. The van der Waals surface area contributed by atoms with Crippen LogP contribution in [0.15, 0.2) is 24.3 Å². The van der Waals surface area contributed by atoms with Gasteiger partial charge in [-0.2, -0.15) is 0 Å². The molecule has 0 aromatic heterocycles. The summed E-state index contributed by atoms with van der Waals surface area (Å²) in [6.07, 6.45) is 23.2. The van der Waals surface area contributed by atoms with E-state index >= 15 is 0 Å². The summed E-state index contributed by atoms with van der Waals surface area (Å²) in [5.74, 6) is -0.939. The molecule has 4 nitrogen and oxygen atoms in total. The Bertz CT molecular complexity index is 388. The summed E-state index contributed by atoms with van der Waals surface area (Å²) in [5, 5.41) is 0. The van der Waals surface area contributed by atoms with E-state index in [4.69, 9.17) is 9.47 Å². The Morgan fingerprint density at radius 3 is 1.27 bits per heavy atom. The molecule has 1 aliphatic rings. The number of esters is 2. The molecule has 0 bridgehead atoms. The van der Waals surface area contributed by atoms with E-state index in [9.17, 15) is 9.59 Å². The third-order valence-electron chi connectivity index (χ3n) is 4.54. The van der Waals surface area contributed by atoms with Gasteiger partial charge in [0, 0.05) is 12.2 Å². The molecule has 1 heterocycles. The van der Waals surface area contributed by atoms with Crippen molar-refractivity contribution < 1.29 is 19.1 Å². The SMILES string of the molecule is O=C1/C=C\C(=O)OCCCCCCCC/C=C/CCCCCCCCO1. The van der Waals surface area contributed by atoms with Crippen molar-refractivity contribution in [1.29, 1.82) is 0 Å². The van der Waals surface area contributed by atoms with Gasteiger partial charge in [-0.05, 0) is 38.5 Å². The molecular weight excluding hydrogens is 328 g/mol. The Morgan fingerprint density at radius 1 is 0.500 bits per heavy atom. The van der Waals surface area contributed by atoms with Crippen molar-refractivity contribution in [1.82, 2.24) is 0 Å². The number of carbonyl (C=O) groups excluding carboxylic acids is 2. The largest absolute Gasteiger partial charge is 0.463 e. The minimum Gasteiger partial charge on any atom is -0.463 e. The zero-order valence-electron chi connectivity index (χ0n) is 16.3. The number of hydrogen-bond acceptors (Lipinski definition) is 4. The molecule has 26 heavy (non-hydrogen) atoms. The van der Waals surface area contributed by atoms with E-state index in [2.05, 4.69) is 12.2 Å². The van der Waals surface area contributed by atoms with Crippen molar-refractivity contribution in [2.75, 3.05) is 13.2 Å². The highest BCUT2D eigenvalue weighted by Gasteiger charge is 2.01. The molecule has 0 spiro atoms. The van der Waals surface area contributed by atoms with Gasteiger partial charge in [-0.3, -0.25) is 0 Å². The summed E-state index contributed by atoms with van der Waals surface area (Å²) in [6.45, 7) is 0.835. The van der Waals surface area contributed by atoms with E-state index in [0.717, 1.165) is 37.8 Å². The maximum absolute atomic E-state index is 11.5. The van der Waals surface area contributed by atoms with Gasteiger partial charge in [0.25, 0.3) is 0 Å². The second-order valence-electron chi connectivity index (χ2n) is 6.96. The molecule has 1 aliphatic heterocycles. The number of carbonyl (C=O) groups is 2. The van der Waals surface area contributed by atoms with Crippen molar-refractivity contribution in [3.05, 3.63) is 24.3 Å². The first-order chi connectivity index (χ1) is 12.8. The van der Waals surface area contributed by atoms with E-state index in [0.29, 0.717) is 13.2 Å². The molecule has 0 unspecified atom stereocenters. The lowest BCUT2D eigenvalue weighted by atomic mass is 10.1. The van der Waals surface area contributed by atoms with Crippen LogP contribution in [0.25, 0.3) is 0 Å². The van der Waals surface area contributed by atoms with Crippen LogP contribution in [0.5, 0.6) is 0 Å². The second kappa shape index (κ2) is 16.9. The van der Waals surface area contributed by atoms with Gasteiger partial charge in [-0.15, -0.1) is 0 Å². The summed E-state index contributed by atoms with van der Waals surface area (Å²) >= 11 is 0. The van der Waals surface area contributed by atoms with Gasteiger partial charge in [0.05, 0.1) is 13.2 Å². The molecule has 0 N–H and O–H groups in total. The third-order valence-corrected chi connectivity index (χ3v) is 4.54. The Kier molecular flexibility index (Phi) is 14.6. The third kappa shape index (κ3) is 14.7. The topological polar surface area (TPSA) is 52.6 Å². The van der Waals surface area contributed by atoms with Gasteiger partial charge in [0.2, 0.25) is 0 Å². The average Bonchev–Trinajstić information content (AvgIpc) is 2.64. The minimum atomic E-state index is -0.469. The fourth-order valence-corrected chi connectivity index (χ4v) is 2.96. The first kappa shape index (κ1) is 22.5. The molecule has 4 heteroatoms. The molecule has 0 radical (unpaired) electrons. The molecule has 0 fully saturated rings. The molecule has 148 valence electrons. The van der Waals surface area contributed by atoms with Crippen LogP contribution >= 0.6 is 0 Å². The van der Waals surface area contributed by atoms with E-state index in [-0.39, 0.29) is 0 Å². The molecule has 0 saturated heterocycles. The van der Waals surface area contributed by atoms with Gasteiger partial charge >= 0.3 is 11.9 Å². The summed E-state index contributed by atoms with van der Waals surface area (Å²) < 4.78 is 10.2. The Hall–Kier alpha value is -1.58. The predicted molar refractivity (Wildman–Crippen MR) is 105 cm³/mol. The van der Waals surface area contributed by atoms with Gasteiger partial charge in [-0.25, -0.2) is 9.59 Å². The van der Waals surface area contributed by atoms with E-state index in [1.54, 1.807) is 0 Å². The molecule has 0 amide bonds. The molecule has 0 aliphatic carbocycles. The lowest BCUT2D eigenvalue weighted by molar-refractivity contribution is -0.140. The summed E-state index contributed by atoms with van der Waals surface area (Å²) in [4.78, 5) is 23.0. The van der Waals surface area contributed by atoms with Gasteiger partial charge in [-0.1, -0.05) is 63.5 Å². The van der Waals surface area contributed by atoms with Crippen LogP contribution in [0.1, 0.15) is 89.9 Å². The normalized spacial score (nSPS) is 23.8. The maximum Gasteiger partial charge on any atom is 0.331 e. The highest BCUT2D eigenvalue weighted by atomic mass is 16.5. The van der Waals surface area contributed by atoms with E-state index < -0.39 is 11.9 Å². The molecule has 0 saturated carbocycles. The van der Waals surface area contributed by atoms with Crippen LogP contribution < -0.4 is 0 Å². The molecule has 0 aromatic rings. The average molecular weight is 365 g/mol. The standard InChI is InChI=1S/C22H36O4/c23-21-17-18-22(24)26-20-16-14-12-10-8-6-4-2-1-3-5-7-9-11-13-15-19-25-21/h1-2,17-18H,3-16,19-20H2/b2-1+,18-17-. The van der Waals surface area contributed by atoms with Gasteiger partial charge in [0.1, 0.15) is 0 Å². The monoisotopic (exact) mass is 364 g/mol. The molecular formula is C22H36O4. The summed E-state index contributed by atoms with van der Waals surface area (Å²) in [7, 11) is 0. The molecule has 0 aromatic carbocycles. The zero-order valence-corrected chi connectivity index (χ0v) is 16.3. The van der Waals surface area contributed by atoms with Crippen molar-refractivity contribution in [3.63, 3.8) is 0 Å². The number of cyclic esters (lactones) is 2. The molecule has 1 rings (SSSR count). The Labute approximate surface area is 159 Å². The number of allylic oxidation sites excluding steroid dienone is 2. The Morgan fingerprint density at radius 2 is 0.846 bits per heavy atom. The van der Waals surface area contributed by atoms with Gasteiger partial charge in [0.15, 0.2) is 0 Å². The lowest BCUT2D eigenvalue weighted by Crippen LogP contribution is -2.06. The first-order valence-corrected chi connectivity index (χ1v) is 10.5. The second-order valence-corrected chi connectivity index (χ2v) is 6.96. The summed E-state index contributed by atoms with van der Waals surface area (Å²) in [6, 6.07) is 0. The number of rotatable bonds is 0. The Balaban J connectivity index is 2.25. The smallest absolute Gasteiger partial charge is 0.331 e. The molecule has 0 atom stereocenters. The van der Waals surface area contributed by atoms with Crippen molar-refractivity contribution in [2.24, 2.45) is 0 Å². The van der Waals surface area contributed by atoms with Crippen molar-refractivity contribution in [2.45, 2.75) is 89.9 Å².